The number of nitrogens with zero attached hydrogens (tertiary/aromatic N) is 1. The van der Waals surface area contributed by atoms with Gasteiger partial charge in [0.1, 0.15) is 0 Å². The third-order valence-corrected chi connectivity index (χ3v) is 3.89. The zero-order valence-corrected chi connectivity index (χ0v) is 13.9. The number of rotatable bonds is 8. The number of aromatic nitrogens is 1. The molecule has 23 heavy (non-hydrogen) atoms. The van der Waals surface area contributed by atoms with E-state index in [9.17, 15) is 9.90 Å². The number of aliphatic carboxylic acids is 1. The van der Waals surface area contributed by atoms with Gasteiger partial charge in [0.25, 0.3) is 0 Å². The molecule has 0 aliphatic heterocycles. The summed E-state index contributed by atoms with van der Waals surface area (Å²) >= 11 is 1.34. The molecule has 0 unspecified atom stereocenters. The Labute approximate surface area is 137 Å². The minimum Gasteiger partial charge on any atom is -0.550 e. The largest absolute Gasteiger partial charge is 0.550 e. The van der Waals surface area contributed by atoms with Crippen LogP contribution in [0.25, 0.3) is 0 Å². The molecule has 1 N–H and O–H groups in total. The number of nitrogens with one attached hydrogen (secondary N) is 1. The minimum atomic E-state index is -1.15. The molecule has 0 amide bonds. The number of carboxylic acid groups (broad SMARTS) is 1. The van der Waals surface area contributed by atoms with E-state index in [2.05, 4.69) is 10.3 Å². The van der Waals surface area contributed by atoms with Gasteiger partial charge in [0.05, 0.1) is 27.0 Å². The molecule has 124 valence electrons. The summed E-state index contributed by atoms with van der Waals surface area (Å²) in [6.45, 7) is 0.481. The Morgan fingerprint density at radius 2 is 1.87 bits per heavy atom. The zero-order valence-electron chi connectivity index (χ0n) is 13.0. The number of anilines is 1. The summed E-state index contributed by atoms with van der Waals surface area (Å²) in [6.07, 6.45) is -0.192. The first-order valence-electron chi connectivity index (χ1n) is 6.74. The highest BCUT2D eigenvalue weighted by Crippen LogP contribution is 2.38. The second-order valence-corrected chi connectivity index (χ2v) is 5.44. The van der Waals surface area contributed by atoms with E-state index in [4.69, 9.17) is 14.2 Å². The van der Waals surface area contributed by atoms with Crippen molar-refractivity contribution in [3.8, 4) is 17.2 Å². The molecule has 0 atom stereocenters. The SMILES string of the molecule is COc1cc(CNc2nc(CC(=O)[O-])cs2)cc(OC)c1OC. The first kappa shape index (κ1) is 16.9. The molecule has 1 heterocycles. The van der Waals surface area contributed by atoms with Crippen LogP contribution >= 0.6 is 11.3 Å². The maximum absolute atomic E-state index is 10.6. The van der Waals surface area contributed by atoms with E-state index in [1.165, 1.54) is 11.3 Å². The van der Waals surface area contributed by atoms with Crippen molar-refractivity contribution < 1.29 is 24.1 Å². The van der Waals surface area contributed by atoms with Crippen LogP contribution in [0.1, 0.15) is 11.3 Å². The number of hydrogen-bond donors (Lipinski definition) is 1. The van der Waals surface area contributed by atoms with Crippen molar-refractivity contribution in [2.75, 3.05) is 26.6 Å². The monoisotopic (exact) mass is 337 g/mol. The van der Waals surface area contributed by atoms with E-state index in [0.717, 1.165) is 5.56 Å². The van der Waals surface area contributed by atoms with Gasteiger partial charge in [-0.1, -0.05) is 0 Å². The lowest BCUT2D eigenvalue weighted by molar-refractivity contribution is -0.304. The average molecular weight is 337 g/mol. The number of benzene rings is 1. The van der Waals surface area contributed by atoms with Crippen LogP contribution in [0.5, 0.6) is 17.2 Å². The average Bonchev–Trinajstić information content (AvgIpc) is 2.98. The Balaban J connectivity index is 2.11. The van der Waals surface area contributed by atoms with Gasteiger partial charge >= 0.3 is 0 Å². The van der Waals surface area contributed by atoms with Crippen LogP contribution in [0.15, 0.2) is 17.5 Å². The minimum absolute atomic E-state index is 0.192. The van der Waals surface area contributed by atoms with Gasteiger partial charge in [-0.15, -0.1) is 11.3 Å². The fourth-order valence-corrected chi connectivity index (χ4v) is 2.74. The Morgan fingerprint density at radius 1 is 1.22 bits per heavy atom. The van der Waals surface area contributed by atoms with Crippen molar-refractivity contribution in [3.63, 3.8) is 0 Å². The Morgan fingerprint density at radius 3 is 2.39 bits per heavy atom. The van der Waals surface area contributed by atoms with E-state index >= 15 is 0 Å². The molecular weight excluding hydrogens is 320 g/mol. The molecule has 8 heteroatoms. The van der Waals surface area contributed by atoms with Gasteiger partial charge in [0.2, 0.25) is 5.75 Å². The molecule has 2 aromatic rings. The molecule has 1 aromatic heterocycles. The van der Waals surface area contributed by atoms with Gasteiger partial charge in [-0.05, 0) is 17.7 Å². The number of carboxylic acids is 1. The van der Waals surface area contributed by atoms with Crippen LogP contribution in [-0.2, 0) is 17.8 Å². The number of hydrogen-bond acceptors (Lipinski definition) is 8. The van der Waals surface area contributed by atoms with Crippen molar-refractivity contribution in [3.05, 3.63) is 28.8 Å². The predicted octanol–water partition coefficient (Wildman–Crippen LogP) is 1.07. The number of methoxy groups -OCH3 is 3. The lowest BCUT2D eigenvalue weighted by Crippen LogP contribution is -2.24. The van der Waals surface area contributed by atoms with Crippen molar-refractivity contribution in [1.82, 2.24) is 4.98 Å². The van der Waals surface area contributed by atoms with Gasteiger partial charge in [0, 0.05) is 24.3 Å². The van der Waals surface area contributed by atoms with Crippen LogP contribution in [0, 0.1) is 0 Å². The molecule has 0 aliphatic carbocycles. The Hall–Kier alpha value is -2.48. The van der Waals surface area contributed by atoms with Gasteiger partial charge < -0.3 is 29.4 Å². The molecule has 0 aliphatic rings. The second kappa shape index (κ2) is 7.68. The quantitative estimate of drug-likeness (QED) is 0.770. The van der Waals surface area contributed by atoms with Gasteiger partial charge in [-0.2, -0.15) is 0 Å². The fourth-order valence-electron chi connectivity index (χ4n) is 2.03. The maximum Gasteiger partial charge on any atom is 0.203 e. The van der Waals surface area contributed by atoms with E-state index in [1.54, 1.807) is 26.7 Å². The Bertz CT molecular complexity index is 661. The molecule has 0 bridgehead atoms. The number of carbonyl (C=O) groups is 1. The number of ether oxygens (including phenoxy) is 3. The third kappa shape index (κ3) is 4.26. The van der Waals surface area contributed by atoms with E-state index < -0.39 is 5.97 Å². The maximum atomic E-state index is 10.6. The third-order valence-electron chi connectivity index (χ3n) is 3.05. The molecule has 0 fully saturated rings. The predicted molar refractivity (Wildman–Crippen MR) is 84.2 cm³/mol. The highest BCUT2D eigenvalue weighted by atomic mass is 32.1. The summed E-state index contributed by atoms with van der Waals surface area (Å²) in [5.74, 6) is 0.525. The summed E-state index contributed by atoms with van der Waals surface area (Å²) in [5, 5.41) is 16.0. The van der Waals surface area contributed by atoms with Gasteiger partial charge in [0.15, 0.2) is 16.6 Å². The lowest BCUT2D eigenvalue weighted by Gasteiger charge is -2.14. The summed E-state index contributed by atoms with van der Waals surface area (Å²) in [7, 11) is 4.66. The molecule has 0 radical (unpaired) electrons. The first-order chi connectivity index (χ1) is 11.1. The molecule has 7 nitrogen and oxygen atoms in total. The van der Waals surface area contributed by atoms with Crippen molar-refractivity contribution in [2.45, 2.75) is 13.0 Å². The second-order valence-electron chi connectivity index (χ2n) is 4.58. The zero-order chi connectivity index (χ0) is 16.8. The van der Waals surface area contributed by atoms with Crippen LogP contribution in [0.3, 0.4) is 0 Å². The highest BCUT2D eigenvalue weighted by molar-refractivity contribution is 7.13. The van der Waals surface area contributed by atoms with Crippen LogP contribution in [0.2, 0.25) is 0 Å². The normalized spacial score (nSPS) is 10.2. The van der Waals surface area contributed by atoms with Crippen molar-refractivity contribution in [1.29, 1.82) is 0 Å². The van der Waals surface area contributed by atoms with E-state index in [1.807, 2.05) is 12.1 Å². The van der Waals surface area contributed by atoms with Crippen molar-refractivity contribution in [2.24, 2.45) is 0 Å². The molecule has 0 saturated carbocycles. The first-order valence-corrected chi connectivity index (χ1v) is 7.62. The molecule has 0 spiro atoms. The lowest BCUT2D eigenvalue weighted by atomic mass is 10.2. The summed E-state index contributed by atoms with van der Waals surface area (Å²) in [4.78, 5) is 14.7. The smallest absolute Gasteiger partial charge is 0.203 e. The van der Waals surface area contributed by atoms with Gasteiger partial charge in [-0.3, -0.25) is 0 Å². The Kier molecular flexibility index (Phi) is 5.64. The molecule has 0 saturated heterocycles. The summed E-state index contributed by atoms with van der Waals surface area (Å²) in [6, 6.07) is 3.67. The standard InChI is InChI=1S/C15H18N2O5S/c1-20-11-4-9(5-12(21-2)14(11)22-3)7-16-15-17-10(8-23-15)6-13(18)19/h4-5,8H,6-7H2,1-3H3,(H,16,17)(H,18,19)/p-1. The topological polar surface area (TPSA) is 92.7 Å². The van der Waals surface area contributed by atoms with E-state index in [-0.39, 0.29) is 6.42 Å². The van der Waals surface area contributed by atoms with Crippen LogP contribution in [0.4, 0.5) is 5.13 Å². The van der Waals surface area contributed by atoms with Crippen molar-refractivity contribution >= 4 is 22.4 Å². The highest BCUT2D eigenvalue weighted by Gasteiger charge is 2.13. The fraction of sp³-hybridized carbons (Fsp3) is 0.333. The number of carbonyl (C=O) groups excluding carboxylic acids is 1. The van der Waals surface area contributed by atoms with Crippen LogP contribution < -0.4 is 24.6 Å². The van der Waals surface area contributed by atoms with Crippen LogP contribution in [-0.4, -0.2) is 32.3 Å². The summed E-state index contributed by atoms with van der Waals surface area (Å²) in [5.41, 5.74) is 1.39. The number of thiazole rings is 1. The van der Waals surface area contributed by atoms with E-state index in [0.29, 0.717) is 34.6 Å². The molecular formula is C15H17N2O5S-. The summed E-state index contributed by atoms with van der Waals surface area (Å²) < 4.78 is 15.9. The molecule has 2 rings (SSSR count). The van der Waals surface area contributed by atoms with Gasteiger partial charge in [-0.25, -0.2) is 4.98 Å². The molecule has 1 aromatic carbocycles.